The van der Waals surface area contributed by atoms with Crippen LogP contribution in [0, 0.1) is 0 Å². The summed E-state index contributed by atoms with van der Waals surface area (Å²) in [6.07, 6.45) is 5.07. The highest BCUT2D eigenvalue weighted by molar-refractivity contribution is 7.80. The minimum Gasteiger partial charge on any atom is -0.462 e. The molecule has 0 aliphatic heterocycles. The summed E-state index contributed by atoms with van der Waals surface area (Å²) in [7, 11) is 0. The number of aromatic nitrogens is 2. The van der Waals surface area contributed by atoms with Gasteiger partial charge in [-0.25, -0.2) is 9.78 Å². The normalized spacial score (nSPS) is 9.95. The van der Waals surface area contributed by atoms with Gasteiger partial charge < -0.3 is 19.4 Å². The van der Waals surface area contributed by atoms with Gasteiger partial charge in [-0.3, -0.25) is 0 Å². The Kier molecular flexibility index (Phi) is 5.28. The molecular formula is C14H15N3O3S. The highest BCUT2D eigenvalue weighted by Crippen LogP contribution is 2.11. The number of hydrogen-bond donors (Lipinski definition) is 1. The molecule has 110 valence electrons. The number of ether oxygens (including phenoxy) is 2. The number of thiocarbonyl (C=S) groups is 1. The van der Waals surface area contributed by atoms with Gasteiger partial charge in [0.05, 0.1) is 18.5 Å². The lowest BCUT2D eigenvalue weighted by Gasteiger charge is -2.10. The predicted molar refractivity (Wildman–Crippen MR) is 81.9 cm³/mol. The average Bonchev–Trinajstić information content (AvgIpc) is 2.99. The fraction of sp³-hybridized carbons (Fsp3) is 0.214. The number of benzene rings is 1. The van der Waals surface area contributed by atoms with Crippen LogP contribution >= 0.6 is 12.2 Å². The summed E-state index contributed by atoms with van der Waals surface area (Å²) in [6, 6.07) is 6.80. The van der Waals surface area contributed by atoms with Crippen LogP contribution in [0.5, 0.6) is 0 Å². The summed E-state index contributed by atoms with van der Waals surface area (Å²) in [5.41, 5.74) is 1.23. The Labute approximate surface area is 127 Å². The van der Waals surface area contributed by atoms with Gasteiger partial charge in [0, 0.05) is 18.1 Å². The second-order valence-electron chi connectivity index (χ2n) is 4.06. The molecule has 0 aliphatic carbocycles. The zero-order chi connectivity index (χ0) is 15.1. The lowest BCUT2D eigenvalue weighted by molar-refractivity contribution is 0.0526. The molecule has 0 radical (unpaired) electrons. The van der Waals surface area contributed by atoms with Crippen LogP contribution < -0.4 is 5.32 Å². The lowest BCUT2D eigenvalue weighted by Crippen LogP contribution is -2.15. The largest absolute Gasteiger partial charge is 0.462 e. The summed E-state index contributed by atoms with van der Waals surface area (Å²) >= 11 is 5.08. The average molecular weight is 305 g/mol. The molecule has 1 aromatic carbocycles. The molecule has 1 aromatic heterocycles. The minimum absolute atomic E-state index is 0.243. The Balaban J connectivity index is 1.85. The number of anilines is 1. The Hall–Kier alpha value is -2.41. The van der Waals surface area contributed by atoms with Crippen LogP contribution in [0.15, 0.2) is 43.0 Å². The van der Waals surface area contributed by atoms with Crippen molar-refractivity contribution in [2.24, 2.45) is 0 Å². The molecule has 1 heterocycles. The number of nitrogens with zero attached hydrogens (tertiary/aromatic N) is 2. The molecule has 0 bridgehead atoms. The van der Waals surface area contributed by atoms with E-state index in [1.165, 1.54) is 0 Å². The molecular weight excluding hydrogens is 290 g/mol. The van der Waals surface area contributed by atoms with E-state index in [-0.39, 0.29) is 17.9 Å². The third kappa shape index (κ3) is 4.57. The van der Waals surface area contributed by atoms with E-state index in [1.807, 2.05) is 0 Å². The SMILES string of the molecule is CCOC(=O)c1ccc(NC(=S)OCn2ccnc2)cc1. The van der Waals surface area contributed by atoms with Gasteiger partial charge in [0.2, 0.25) is 0 Å². The maximum atomic E-state index is 11.5. The number of esters is 1. The van der Waals surface area contributed by atoms with Crippen molar-refractivity contribution >= 4 is 29.0 Å². The molecule has 1 N–H and O–H groups in total. The van der Waals surface area contributed by atoms with E-state index in [1.54, 1.807) is 54.5 Å². The first kappa shape index (κ1) is 15.0. The molecule has 0 amide bonds. The molecule has 21 heavy (non-hydrogen) atoms. The third-order valence-electron chi connectivity index (χ3n) is 2.55. The van der Waals surface area contributed by atoms with Gasteiger partial charge in [-0.2, -0.15) is 0 Å². The molecule has 0 atom stereocenters. The van der Waals surface area contributed by atoms with E-state index in [9.17, 15) is 4.79 Å². The standard InChI is InChI=1S/C14H15N3O3S/c1-2-19-13(18)11-3-5-12(6-4-11)16-14(21)20-10-17-8-7-15-9-17/h3-9H,2,10H2,1H3,(H,16,21). The third-order valence-corrected chi connectivity index (χ3v) is 2.77. The molecule has 7 heteroatoms. The fourth-order valence-electron chi connectivity index (χ4n) is 1.55. The van der Waals surface area contributed by atoms with E-state index in [4.69, 9.17) is 21.7 Å². The Morgan fingerprint density at radius 1 is 1.33 bits per heavy atom. The van der Waals surface area contributed by atoms with Crippen molar-refractivity contribution in [2.45, 2.75) is 13.7 Å². The molecule has 0 unspecified atom stereocenters. The van der Waals surface area contributed by atoms with Gasteiger partial charge in [-0.15, -0.1) is 0 Å². The maximum absolute atomic E-state index is 11.5. The quantitative estimate of drug-likeness (QED) is 0.676. The Morgan fingerprint density at radius 3 is 2.71 bits per heavy atom. The van der Waals surface area contributed by atoms with Crippen molar-refractivity contribution in [3.05, 3.63) is 48.5 Å². The van der Waals surface area contributed by atoms with Crippen molar-refractivity contribution in [2.75, 3.05) is 11.9 Å². The summed E-state index contributed by atoms with van der Waals surface area (Å²) < 4.78 is 12.0. The monoisotopic (exact) mass is 305 g/mol. The van der Waals surface area contributed by atoms with Gasteiger partial charge in [0.1, 0.15) is 0 Å². The second kappa shape index (κ2) is 7.39. The van der Waals surface area contributed by atoms with Gasteiger partial charge in [-0.05, 0) is 43.4 Å². The molecule has 6 nitrogen and oxygen atoms in total. The van der Waals surface area contributed by atoms with Crippen LogP contribution in [0.3, 0.4) is 0 Å². The van der Waals surface area contributed by atoms with Crippen molar-refractivity contribution in [1.82, 2.24) is 9.55 Å². The van der Waals surface area contributed by atoms with E-state index >= 15 is 0 Å². The lowest BCUT2D eigenvalue weighted by atomic mass is 10.2. The minimum atomic E-state index is -0.344. The number of imidazole rings is 1. The molecule has 0 aliphatic rings. The van der Waals surface area contributed by atoms with Crippen LogP contribution in [0.25, 0.3) is 0 Å². The van der Waals surface area contributed by atoms with Gasteiger partial charge in [0.15, 0.2) is 6.73 Å². The summed E-state index contributed by atoms with van der Waals surface area (Å²) in [5.74, 6) is -0.344. The van der Waals surface area contributed by atoms with Gasteiger partial charge >= 0.3 is 5.97 Å². The van der Waals surface area contributed by atoms with Crippen LogP contribution in [0.2, 0.25) is 0 Å². The maximum Gasteiger partial charge on any atom is 0.338 e. The smallest absolute Gasteiger partial charge is 0.338 e. The van der Waals surface area contributed by atoms with Crippen molar-refractivity contribution in [3.8, 4) is 0 Å². The number of hydrogen-bond acceptors (Lipinski definition) is 5. The zero-order valence-corrected chi connectivity index (χ0v) is 12.3. The van der Waals surface area contributed by atoms with Crippen LogP contribution in [0.4, 0.5) is 5.69 Å². The van der Waals surface area contributed by atoms with Crippen molar-refractivity contribution in [3.63, 3.8) is 0 Å². The second-order valence-corrected chi connectivity index (χ2v) is 4.43. The number of carbonyl (C=O) groups excluding carboxylic acids is 1. The van der Waals surface area contributed by atoms with E-state index < -0.39 is 0 Å². The van der Waals surface area contributed by atoms with Crippen molar-refractivity contribution < 1.29 is 14.3 Å². The molecule has 0 saturated heterocycles. The summed E-state index contributed by atoms with van der Waals surface area (Å²) in [6.45, 7) is 2.40. The fourth-order valence-corrected chi connectivity index (χ4v) is 1.72. The van der Waals surface area contributed by atoms with Crippen LogP contribution in [-0.4, -0.2) is 27.3 Å². The van der Waals surface area contributed by atoms with Crippen LogP contribution in [0.1, 0.15) is 17.3 Å². The van der Waals surface area contributed by atoms with E-state index in [0.717, 1.165) is 5.69 Å². The molecule has 2 rings (SSSR count). The molecule has 2 aromatic rings. The number of carbonyl (C=O) groups is 1. The summed E-state index contributed by atoms with van der Waals surface area (Å²) in [4.78, 5) is 15.4. The molecule has 0 fully saturated rings. The summed E-state index contributed by atoms with van der Waals surface area (Å²) in [5, 5.41) is 3.17. The molecule has 0 saturated carbocycles. The number of nitrogens with one attached hydrogen (secondary N) is 1. The van der Waals surface area contributed by atoms with E-state index in [2.05, 4.69) is 10.3 Å². The topological polar surface area (TPSA) is 65.4 Å². The van der Waals surface area contributed by atoms with Crippen LogP contribution in [-0.2, 0) is 16.2 Å². The van der Waals surface area contributed by atoms with Gasteiger partial charge in [-0.1, -0.05) is 0 Å². The zero-order valence-electron chi connectivity index (χ0n) is 11.5. The van der Waals surface area contributed by atoms with Crippen molar-refractivity contribution in [1.29, 1.82) is 0 Å². The van der Waals surface area contributed by atoms with E-state index in [0.29, 0.717) is 12.2 Å². The number of rotatable bonds is 5. The highest BCUT2D eigenvalue weighted by atomic mass is 32.1. The first-order valence-corrected chi connectivity index (χ1v) is 6.76. The Bertz CT molecular complexity index is 596. The van der Waals surface area contributed by atoms with Gasteiger partial charge in [0.25, 0.3) is 5.17 Å². The highest BCUT2D eigenvalue weighted by Gasteiger charge is 2.06. The predicted octanol–water partition coefficient (Wildman–Crippen LogP) is 2.43. The first-order valence-electron chi connectivity index (χ1n) is 6.35. The Morgan fingerprint density at radius 2 is 2.10 bits per heavy atom. The molecule has 0 spiro atoms. The first-order chi connectivity index (χ1) is 10.2.